The summed E-state index contributed by atoms with van der Waals surface area (Å²) in [6.07, 6.45) is -0.390. The lowest BCUT2D eigenvalue weighted by Gasteiger charge is -2.46. The molecule has 6 nitrogen and oxygen atoms in total. The van der Waals surface area contributed by atoms with Crippen molar-refractivity contribution < 1.29 is 9.53 Å². The molecular formula is C33H36N4O2. The van der Waals surface area contributed by atoms with Gasteiger partial charge in [-0.1, -0.05) is 60.7 Å². The Morgan fingerprint density at radius 2 is 1.21 bits per heavy atom. The number of carbonyl (C=O) groups is 1. The average molecular weight is 521 g/mol. The summed E-state index contributed by atoms with van der Waals surface area (Å²) in [4.78, 5) is 21.6. The molecule has 0 N–H and O–H groups in total. The molecule has 4 aromatic rings. The van der Waals surface area contributed by atoms with Crippen molar-refractivity contribution in [2.45, 2.75) is 12.1 Å². The minimum Gasteiger partial charge on any atom is -0.410 e. The summed E-state index contributed by atoms with van der Waals surface area (Å²) < 4.78 is 5.95. The molecule has 0 bridgehead atoms. The maximum atomic E-state index is 13.5. The van der Waals surface area contributed by atoms with Crippen molar-refractivity contribution in [2.24, 2.45) is 0 Å². The number of nitrogens with zero attached hydrogens (tertiary/aromatic N) is 4. The van der Waals surface area contributed by atoms with Crippen molar-refractivity contribution in [3.63, 3.8) is 0 Å². The molecule has 0 saturated heterocycles. The zero-order valence-electron chi connectivity index (χ0n) is 23.6. The molecule has 0 unspecified atom stereocenters. The van der Waals surface area contributed by atoms with Crippen molar-refractivity contribution in [2.75, 3.05) is 57.0 Å². The Kier molecular flexibility index (Phi) is 6.96. The quantitative estimate of drug-likeness (QED) is 0.291. The second-order valence-electron chi connectivity index (χ2n) is 10.5. The molecule has 0 radical (unpaired) electrons. The van der Waals surface area contributed by atoms with Crippen LogP contribution in [0.2, 0.25) is 0 Å². The largest absolute Gasteiger partial charge is 0.416 e. The van der Waals surface area contributed by atoms with Crippen LogP contribution in [0.15, 0.2) is 97.1 Å². The van der Waals surface area contributed by atoms with Crippen LogP contribution in [0.4, 0.5) is 21.9 Å². The van der Waals surface area contributed by atoms with Gasteiger partial charge in [0.2, 0.25) is 0 Å². The van der Waals surface area contributed by atoms with E-state index >= 15 is 0 Å². The lowest BCUT2D eigenvalue weighted by atomic mass is 9.74. The number of fused-ring (bicyclic) bond motifs is 1. The highest BCUT2D eigenvalue weighted by Crippen LogP contribution is 2.49. The Morgan fingerprint density at radius 1 is 0.692 bits per heavy atom. The summed E-state index contributed by atoms with van der Waals surface area (Å²) in [5.41, 5.74) is 6.44. The van der Waals surface area contributed by atoms with Crippen LogP contribution < -0.4 is 19.4 Å². The van der Waals surface area contributed by atoms with Gasteiger partial charge in [-0.25, -0.2) is 4.79 Å². The highest BCUT2D eigenvalue weighted by Gasteiger charge is 2.49. The van der Waals surface area contributed by atoms with Gasteiger partial charge >= 0.3 is 6.09 Å². The first-order valence-corrected chi connectivity index (χ1v) is 13.1. The maximum absolute atomic E-state index is 13.5. The summed E-state index contributed by atoms with van der Waals surface area (Å²) in [5.74, 6) is 0.573. The van der Waals surface area contributed by atoms with E-state index in [4.69, 9.17) is 4.74 Å². The van der Waals surface area contributed by atoms with Crippen LogP contribution in [-0.2, 0) is 12.1 Å². The summed E-state index contributed by atoms with van der Waals surface area (Å²) >= 11 is 0. The van der Waals surface area contributed by atoms with E-state index in [1.807, 2.05) is 59.5 Å². The first-order valence-electron chi connectivity index (χ1n) is 13.1. The van der Waals surface area contributed by atoms with Crippen molar-refractivity contribution in [3.8, 4) is 5.75 Å². The monoisotopic (exact) mass is 520 g/mol. The van der Waals surface area contributed by atoms with Crippen LogP contribution in [0.25, 0.3) is 0 Å². The molecule has 1 amide bonds. The predicted molar refractivity (Wildman–Crippen MR) is 160 cm³/mol. The fourth-order valence-corrected chi connectivity index (χ4v) is 5.43. The van der Waals surface area contributed by atoms with Gasteiger partial charge in [0.05, 0.1) is 0 Å². The summed E-state index contributed by atoms with van der Waals surface area (Å²) in [6, 6.07) is 33.4. The minimum atomic E-state index is -0.864. The Morgan fingerprint density at radius 3 is 1.72 bits per heavy atom. The first-order chi connectivity index (χ1) is 18.7. The van der Waals surface area contributed by atoms with Gasteiger partial charge in [-0.05, 0) is 47.0 Å². The molecule has 39 heavy (non-hydrogen) atoms. The van der Waals surface area contributed by atoms with Crippen molar-refractivity contribution in [1.29, 1.82) is 0 Å². The summed E-state index contributed by atoms with van der Waals surface area (Å²) in [5, 5.41) is 0. The molecule has 0 saturated carbocycles. The molecule has 1 aliphatic rings. The number of amides is 1. The molecule has 0 aliphatic carbocycles. The second kappa shape index (κ2) is 10.4. The van der Waals surface area contributed by atoms with Crippen LogP contribution >= 0.6 is 0 Å². The van der Waals surface area contributed by atoms with Crippen LogP contribution in [-0.4, -0.2) is 53.3 Å². The lowest BCUT2D eigenvalue weighted by molar-refractivity contribution is 0.115. The molecule has 4 aromatic carbocycles. The summed E-state index contributed by atoms with van der Waals surface area (Å²) in [6.45, 7) is 0.747. The van der Waals surface area contributed by atoms with E-state index in [2.05, 4.69) is 94.5 Å². The van der Waals surface area contributed by atoms with Gasteiger partial charge in [-0.15, -0.1) is 0 Å². The highest BCUT2D eigenvalue weighted by atomic mass is 16.6. The number of hydrogen-bond donors (Lipinski definition) is 0. The van der Waals surface area contributed by atoms with Gasteiger partial charge in [-0.3, -0.25) is 4.90 Å². The van der Waals surface area contributed by atoms with Crippen LogP contribution in [0.1, 0.15) is 22.3 Å². The standard InChI is InChI=1S/C33H36N4O2/c1-34(2)27-16-12-25(13-17-27)33(26-14-18-28(19-15-26)35(3)4)30-21-20-29(22-31(30)39-32(38)37(33)6)36(5)23-24-10-8-7-9-11-24/h7-22H,23H2,1-6H3. The van der Waals surface area contributed by atoms with Crippen LogP contribution in [0, 0.1) is 0 Å². The van der Waals surface area contributed by atoms with Gasteiger partial charge in [-0.2, -0.15) is 0 Å². The molecule has 0 atom stereocenters. The van der Waals surface area contributed by atoms with E-state index in [9.17, 15) is 4.79 Å². The fraction of sp³-hybridized carbons (Fsp3) is 0.242. The number of hydrogen-bond acceptors (Lipinski definition) is 5. The van der Waals surface area contributed by atoms with E-state index in [1.165, 1.54) is 5.56 Å². The molecule has 5 rings (SSSR count). The van der Waals surface area contributed by atoms with Crippen LogP contribution in [0.3, 0.4) is 0 Å². The number of rotatable bonds is 7. The Labute approximate surface area is 231 Å². The van der Waals surface area contributed by atoms with Gasteiger partial charge in [0.25, 0.3) is 0 Å². The average Bonchev–Trinajstić information content (AvgIpc) is 2.94. The van der Waals surface area contributed by atoms with E-state index < -0.39 is 11.6 Å². The molecule has 200 valence electrons. The third-order valence-electron chi connectivity index (χ3n) is 7.64. The molecule has 6 heteroatoms. The topological polar surface area (TPSA) is 39.3 Å². The first kappa shape index (κ1) is 26.2. The third-order valence-corrected chi connectivity index (χ3v) is 7.64. The predicted octanol–water partition coefficient (Wildman–Crippen LogP) is 6.19. The Hall–Kier alpha value is -4.45. The Balaban J connectivity index is 1.68. The molecular weight excluding hydrogens is 484 g/mol. The second-order valence-corrected chi connectivity index (χ2v) is 10.5. The van der Waals surface area contributed by atoms with E-state index in [1.54, 1.807) is 4.90 Å². The number of anilines is 3. The smallest absolute Gasteiger partial charge is 0.410 e. The number of benzene rings is 4. The zero-order chi connectivity index (χ0) is 27.7. The molecule has 1 aliphatic heterocycles. The van der Waals surface area contributed by atoms with E-state index in [0.717, 1.165) is 40.3 Å². The number of ether oxygens (including phenoxy) is 1. The minimum absolute atomic E-state index is 0.390. The van der Waals surface area contributed by atoms with E-state index in [0.29, 0.717) is 5.75 Å². The molecule has 0 fully saturated rings. The normalized spacial score (nSPS) is 13.9. The maximum Gasteiger partial charge on any atom is 0.416 e. The van der Waals surface area contributed by atoms with Crippen molar-refractivity contribution in [3.05, 3.63) is 119 Å². The van der Waals surface area contributed by atoms with Gasteiger partial charge in [0, 0.05) is 77.5 Å². The SMILES string of the molecule is CN(C)c1ccc(C2(c3ccc(N(C)C)cc3)c3ccc(N(C)Cc4ccccc4)cc3OC(=O)N2C)cc1. The van der Waals surface area contributed by atoms with Crippen molar-refractivity contribution in [1.82, 2.24) is 4.90 Å². The summed E-state index contributed by atoms with van der Waals surface area (Å²) in [7, 11) is 12.0. The Bertz CT molecular complexity index is 1400. The highest BCUT2D eigenvalue weighted by molar-refractivity contribution is 5.80. The molecule has 0 spiro atoms. The number of carbonyl (C=O) groups excluding carboxylic acids is 1. The van der Waals surface area contributed by atoms with Crippen molar-refractivity contribution >= 4 is 23.2 Å². The third kappa shape index (κ3) is 4.67. The van der Waals surface area contributed by atoms with Gasteiger partial charge in [0.1, 0.15) is 11.3 Å². The molecule has 0 aromatic heterocycles. The zero-order valence-corrected chi connectivity index (χ0v) is 23.6. The fourth-order valence-electron chi connectivity index (χ4n) is 5.43. The van der Waals surface area contributed by atoms with Gasteiger partial charge in [0.15, 0.2) is 0 Å². The molecule has 1 heterocycles. The van der Waals surface area contributed by atoms with E-state index in [-0.39, 0.29) is 0 Å². The van der Waals surface area contributed by atoms with Crippen LogP contribution in [0.5, 0.6) is 5.75 Å². The van der Waals surface area contributed by atoms with Gasteiger partial charge < -0.3 is 19.4 Å². The lowest BCUT2D eigenvalue weighted by Crippen LogP contribution is -2.53.